The summed E-state index contributed by atoms with van der Waals surface area (Å²) < 4.78 is 0. The number of amides is 1. The van der Waals surface area contributed by atoms with Crippen LogP contribution in [0.15, 0.2) is 36.0 Å². The van der Waals surface area contributed by atoms with Crippen molar-refractivity contribution in [3.05, 3.63) is 47.2 Å². The molecule has 1 aromatic rings. The van der Waals surface area contributed by atoms with E-state index in [1.165, 1.54) is 0 Å². The number of fused-ring (bicyclic) bond motifs is 1. The third-order valence-corrected chi connectivity index (χ3v) is 4.58. The molecule has 1 saturated heterocycles. The van der Waals surface area contributed by atoms with E-state index in [1.54, 1.807) is 17.9 Å². The second kappa shape index (κ2) is 2.91. The Kier molecular flexibility index (Phi) is 1.63. The zero-order chi connectivity index (χ0) is 12.5. The second-order valence-corrected chi connectivity index (χ2v) is 5.44. The van der Waals surface area contributed by atoms with Crippen molar-refractivity contribution >= 4 is 11.7 Å². The van der Waals surface area contributed by atoms with Crippen molar-refractivity contribution < 1.29 is 9.59 Å². The molecule has 3 nitrogen and oxygen atoms in total. The molecule has 1 heterocycles. The summed E-state index contributed by atoms with van der Waals surface area (Å²) in [4.78, 5) is 25.6. The Balaban J connectivity index is 1.95. The molecule has 0 N–H and O–H groups in total. The fourth-order valence-electron chi connectivity index (χ4n) is 3.69. The van der Waals surface area contributed by atoms with Gasteiger partial charge < -0.3 is 4.90 Å². The van der Waals surface area contributed by atoms with Crippen LogP contribution in [0.3, 0.4) is 0 Å². The van der Waals surface area contributed by atoms with Crippen molar-refractivity contribution in [2.24, 2.45) is 5.92 Å². The van der Waals surface area contributed by atoms with Gasteiger partial charge in [-0.1, -0.05) is 24.3 Å². The Morgan fingerprint density at radius 1 is 1.39 bits per heavy atom. The lowest BCUT2D eigenvalue weighted by atomic mass is 9.81. The number of benzene rings is 1. The minimum Gasteiger partial charge on any atom is -0.315 e. The van der Waals surface area contributed by atoms with Crippen LogP contribution in [0.2, 0.25) is 0 Å². The van der Waals surface area contributed by atoms with E-state index in [0.29, 0.717) is 5.92 Å². The van der Waals surface area contributed by atoms with Gasteiger partial charge in [-0.3, -0.25) is 9.59 Å². The Morgan fingerprint density at radius 3 is 2.94 bits per heavy atom. The van der Waals surface area contributed by atoms with E-state index in [1.807, 2.05) is 24.3 Å². The van der Waals surface area contributed by atoms with Crippen LogP contribution in [-0.2, 0) is 10.2 Å². The molecule has 0 radical (unpaired) electrons. The predicted molar refractivity (Wildman–Crippen MR) is 66.0 cm³/mol. The average Bonchev–Trinajstić information content (AvgIpc) is 2.99. The number of hydrogen-bond donors (Lipinski definition) is 0. The van der Waals surface area contributed by atoms with Crippen LogP contribution in [-0.4, -0.2) is 23.1 Å². The summed E-state index contributed by atoms with van der Waals surface area (Å²) in [6, 6.07) is 7.83. The molecule has 3 heteroatoms. The topological polar surface area (TPSA) is 37.4 Å². The van der Waals surface area contributed by atoms with Crippen LogP contribution >= 0.6 is 0 Å². The van der Waals surface area contributed by atoms with E-state index in [0.717, 1.165) is 29.8 Å². The first-order chi connectivity index (χ1) is 8.64. The number of rotatable bonds is 0. The van der Waals surface area contributed by atoms with E-state index in [-0.39, 0.29) is 17.1 Å². The van der Waals surface area contributed by atoms with Gasteiger partial charge in [-0.15, -0.1) is 0 Å². The zero-order valence-corrected chi connectivity index (χ0v) is 10.1. The Bertz CT molecular complexity index is 631. The average molecular weight is 239 g/mol. The number of carbonyl (C=O) groups is 2. The lowest BCUT2D eigenvalue weighted by molar-refractivity contribution is -0.126. The summed E-state index contributed by atoms with van der Waals surface area (Å²) >= 11 is 0. The first-order valence-corrected chi connectivity index (χ1v) is 6.29. The Hall–Kier alpha value is -1.90. The predicted octanol–water partition coefficient (Wildman–Crippen LogP) is 1.89. The molecule has 0 aromatic heterocycles. The van der Waals surface area contributed by atoms with Crippen molar-refractivity contribution in [2.75, 3.05) is 6.54 Å². The molecular formula is C15H13NO2. The zero-order valence-electron chi connectivity index (χ0n) is 10.1. The summed E-state index contributed by atoms with van der Waals surface area (Å²) in [5.41, 5.74) is 2.84. The number of piperidine rings is 1. The van der Waals surface area contributed by atoms with E-state index in [4.69, 9.17) is 0 Å². The summed E-state index contributed by atoms with van der Waals surface area (Å²) in [7, 11) is 0. The molecule has 0 unspecified atom stereocenters. The summed E-state index contributed by atoms with van der Waals surface area (Å²) in [5.74, 6) is 0.576. The van der Waals surface area contributed by atoms with E-state index < -0.39 is 0 Å². The second-order valence-electron chi connectivity index (χ2n) is 5.44. The highest BCUT2D eigenvalue weighted by molar-refractivity contribution is 6.09. The molecule has 0 bridgehead atoms. The smallest absolute Gasteiger partial charge is 0.223 e. The molecule has 1 aromatic carbocycles. The Labute approximate surface area is 105 Å². The lowest BCUT2D eigenvalue weighted by Gasteiger charge is -2.28. The van der Waals surface area contributed by atoms with Gasteiger partial charge in [0.25, 0.3) is 0 Å². The van der Waals surface area contributed by atoms with Crippen LogP contribution in [0, 0.1) is 5.92 Å². The van der Waals surface area contributed by atoms with E-state index in [9.17, 15) is 9.59 Å². The maximum Gasteiger partial charge on any atom is 0.223 e. The molecule has 1 amide bonds. The molecule has 4 rings (SSSR count). The highest BCUT2D eigenvalue weighted by Crippen LogP contribution is 2.66. The van der Waals surface area contributed by atoms with Crippen LogP contribution < -0.4 is 0 Å². The van der Waals surface area contributed by atoms with E-state index >= 15 is 0 Å². The van der Waals surface area contributed by atoms with Crippen molar-refractivity contribution in [2.45, 2.75) is 18.8 Å². The van der Waals surface area contributed by atoms with Gasteiger partial charge in [0.2, 0.25) is 5.91 Å². The molecule has 2 fully saturated rings. The lowest BCUT2D eigenvalue weighted by Crippen LogP contribution is -2.32. The largest absolute Gasteiger partial charge is 0.315 e. The van der Waals surface area contributed by atoms with Gasteiger partial charge in [0, 0.05) is 36.2 Å². The monoisotopic (exact) mass is 239 g/mol. The first kappa shape index (κ1) is 10.1. The van der Waals surface area contributed by atoms with Gasteiger partial charge in [0.1, 0.15) is 0 Å². The van der Waals surface area contributed by atoms with Gasteiger partial charge in [0.05, 0.1) is 0 Å². The van der Waals surface area contributed by atoms with Crippen molar-refractivity contribution in [3.63, 3.8) is 0 Å². The first-order valence-electron chi connectivity index (χ1n) is 6.29. The van der Waals surface area contributed by atoms with E-state index in [2.05, 4.69) is 0 Å². The maximum absolute atomic E-state index is 12.1. The number of allylic oxidation sites excluding steroid dienone is 2. The molecule has 3 aliphatic rings. The number of nitrogens with zero attached hydrogens (tertiary/aromatic N) is 1. The fourth-order valence-corrected chi connectivity index (χ4v) is 3.69. The van der Waals surface area contributed by atoms with Gasteiger partial charge in [-0.05, 0) is 17.9 Å². The molecule has 18 heavy (non-hydrogen) atoms. The third kappa shape index (κ3) is 0.964. The van der Waals surface area contributed by atoms with Gasteiger partial charge in [-0.25, -0.2) is 0 Å². The number of carbonyl (C=O) groups excluding carboxylic acids is 2. The number of likely N-dealkylation sites (tertiary alicyclic amines) is 1. The normalized spacial score (nSPS) is 31.4. The SMILES string of the molecule is CC(=O)N1C[C@@H]2C[C@]23C1=CC(=O)c1ccccc13. The van der Waals surface area contributed by atoms with Gasteiger partial charge in [-0.2, -0.15) is 0 Å². The van der Waals surface area contributed by atoms with Crippen LogP contribution in [0.4, 0.5) is 0 Å². The van der Waals surface area contributed by atoms with Gasteiger partial charge >= 0.3 is 0 Å². The fraction of sp³-hybridized carbons (Fsp3) is 0.333. The number of ketones is 1. The molecule has 1 saturated carbocycles. The maximum atomic E-state index is 12.1. The highest BCUT2D eigenvalue weighted by atomic mass is 16.2. The van der Waals surface area contributed by atoms with Crippen molar-refractivity contribution in [3.8, 4) is 0 Å². The molecule has 90 valence electrons. The molecule has 2 atom stereocenters. The molecule has 1 spiro atoms. The van der Waals surface area contributed by atoms with Crippen LogP contribution in [0.1, 0.15) is 29.3 Å². The minimum atomic E-state index is -0.0316. The van der Waals surface area contributed by atoms with Crippen LogP contribution in [0.5, 0.6) is 0 Å². The summed E-state index contributed by atoms with van der Waals surface area (Å²) in [5, 5.41) is 0. The summed E-state index contributed by atoms with van der Waals surface area (Å²) in [6.07, 6.45) is 2.75. The minimum absolute atomic E-state index is 0.0316. The Morgan fingerprint density at radius 2 is 2.17 bits per heavy atom. The number of hydrogen-bond acceptors (Lipinski definition) is 2. The standard InChI is InChI=1S/C15H13NO2/c1-9(17)16-8-10-7-15(10)12-5-3-2-4-11(12)13(18)6-14(15)16/h2-6,10H,7-8H2,1H3/t10-,15-/m0/s1. The quantitative estimate of drug-likeness (QED) is 0.693. The summed E-state index contributed by atoms with van der Waals surface area (Å²) in [6.45, 7) is 2.34. The van der Waals surface area contributed by atoms with Crippen molar-refractivity contribution in [1.29, 1.82) is 0 Å². The van der Waals surface area contributed by atoms with Crippen LogP contribution in [0.25, 0.3) is 0 Å². The molecular weight excluding hydrogens is 226 g/mol. The van der Waals surface area contributed by atoms with Crippen molar-refractivity contribution in [1.82, 2.24) is 4.90 Å². The third-order valence-electron chi connectivity index (χ3n) is 4.58. The molecule has 1 aliphatic heterocycles. The molecule has 2 aliphatic carbocycles. The highest BCUT2D eigenvalue weighted by Gasteiger charge is 2.66. The van der Waals surface area contributed by atoms with Gasteiger partial charge in [0.15, 0.2) is 5.78 Å².